The van der Waals surface area contributed by atoms with Crippen LogP contribution < -0.4 is 4.74 Å². The van der Waals surface area contributed by atoms with E-state index < -0.39 is 0 Å². The van der Waals surface area contributed by atoms with Crippen LogP contribution in [0.3, 0.4) is 0 Å². The standard InChI is InChI=1S/C20H15Cl2N3O2S/c1-12-6-7-13-9-14(19(22)23-16(13)8-12)11-28-20-25-24-18(27-20)10-26-17-5-3-2-4-15(17)21/h2-9H,10-11H2,1H3. The van der Waals surface area contributed by atoms with Gasteiger partial charge in [0.05, 0.1) is 10.5 Å². The van der Waals surface area contributed by atoms with E-state index in [1.54, 1.807) is 12.1 Å². The predicted molar refractivity (Wildman–Crippen MR) is 111 cm³/mol. The van der Waals surface area contributed by atoms with Gasteiger partial charge in [0.15, 0.2) is 6.61 Å². The Hall–Kier alpha value is -2.28. The predicted octanol–water partition coefficient (Wildman–Crippen LogP) is 6.10. The molecule has 0 saturated heterocycles. The lowest BCUT2D eigenvalue weighted by Crippen LogP contribution is -1.95. The molecule has 0 aliphatic carbocycles. The maximum absolute atomic E-state index is 6.34. The molecule has 0 radical (unpaired) electrons. The number of halogens is 2. The van der Waals surface area contributed by atoms with Gasteiger partial charge in [0, 0.05) is 16.7 Å². The van der Waals surface area contributed by atoms with Crippen LogP contribution in [0, 0.1) is 6.92 Å². The molecule has 0 amide bonds. The van der Waals surface area contributed by atoms with Crippen LogP contribution in [0.25, 0.3) is 10.9 Å². The zero-order valence-corrected chi connectivity index (χ0v) is 17.2. The van der Waals surface area contributed by atoms with Crippen LogP contribution in [0.5, 0.6) is 5.75 Å². The molecule has 0 atom stereocenters. The Morgan fingerprint density at radius 3 is 2.79 bits per heavy atom. The van der Waals surface area contributed by atoms with Gasteiger partial charge in [-0.3, -0.25) is 0 Å². The Labute approximate surface area is 176 Å². The van der Waals surface area contributed by atoms with Crippen LogP contribution in [0.15, 0.2) is 58.2 Å². The summed E-state index contributed by atoms with van der Waals surface area (Å²) in [6.45, 7) is 2.18. The maximum atomic E-state index is 6.34. The molecule has 5 nitrogen and oxygen atoms in total. The summed E-state index contributed by atoms with van der Waals surface area (Å²) in [5.41, 5.74) is 2.95. The van der Waals surface area contributed by atoms with E-state index in [2.05, 4.69) is 21.2 Å². The number of pyridine rings is 1. The van der Waals surface area contributed by atoms with Crippen molar-refractivity contribution in [1.82, 2.24) is 15.2 Å². The van der Waals surface area contributed by atoms with Crippen LogP contribution in [-0.2, 0) is 12.4 Å². The van der Waals surface area contributed by atoms with Gasteiger partial charge in [-0.25, -0.2) is 4.98 Å². The van der Waals surface area contributed by atoms with Gasteiger partial charge in [0.1, 0.15) is 10.9 Å². The highest BCUT2D eigenvalue weighted by Gasteiger charge is 2.11. The van der Waals surface area contributed by atoms with Crippen molar-refractivity contribution < 1.29 is 9.15 Å². The van der Waals surface area contributed by atoms with E-state index in [0.717, 1.165) is 22.0 Å². The lowest BCUT2D eigenvalue weighted by Gasteiger charge is -2.05. The number of hydrogen-bond acceptors (Lipinski definition) is 6. The van der Waals surface area contributed by atoms with E-state index >= 15 is 0 Å². The van der Waals surface area contributed by atoms with E-state index in [1.165, 1.54) is 11.8 Å². The van der Waals surface area contributed by atoms with Gasteiger partial charge in [-0.2, -0.15) is 0 Å². The fraction of sp³-hybridized carbons (Fsp3) is 0.150. The molecule has 0 unspecified atom stereocenters. The highest BCUT2D eigenvalue weighted by atomic mass is 35.5. The zero-order valence-electron chi connectivity index (χ0n) is 14.9. The van der Waals surface area contributed by atoms with Crippen LogP contribution >= 0.6 is 35.0 Å². The molecule has 0 aliphatic heterocycles. The fourth-order valence-electron chi connectivity index (χ4n) is 2.59. The maximum Gasteiger partial charge on any atom is 0.277 e. The first kappa shape index (κ1) is 19.1. The van der Waals surface area contributed by atoms with Crippen molar-refractivity contribution in [1.29, 1.82) is 0 Å². The number of thioether (sulfide) groups is 1. The largest absolute Gasteiger partial charge is 0.482 e. The summed E-state index contributed by atoms with van der Waals surface area (Å²) >= 11 is 13.8. The quantitative estimate of drug-likeness (QED) is 0.271. The highest BCUT2D eigenvalue weighted by Crippen LogP contribution is 2.29. The van der Waals surface area contributed by atoms with E-state index in [9.17, 15) is 0 Å². The number of benzene rings is 2. The number of rotatable bonds is 6. The van der Waals surface area contributed by atoms with Crippen LogP contribution in [0.1, 0.15) is 17.0 Å². The molecule has 4 aromatic rings. The summed E-state index contributed by atoms with van der Waals surface area (Å²) in [5.74, 6) is 1.52. The summed E-state index contributed by atoms with van der Waals surface area (Å²) in [4.78, 5) is 4.48. The molecule has 2 aromatic carbocycles. The normalized spacial score (nSPS) is 11.1. The second-order valence-corrected chi connectivity index (χ2v) is 7.80. The van der Waals surface area contributed by atoms with Gasteiger partial charge in [-0.15, -0.1) is 10.2 Å². The molecule has 142 valence electrons. The number of fused-ring (bicyclic) bond motifs is 1. The number of aryl methyl sites for hydroxylation is 1. The third kappa shape index (κ3) is 4.41. The van der Waals surface area contributed by atoms with E-state index in [-0.39, 0.29) is 6.61 Å². The molecule has 2 heterocycles. The van der Waals surface area contributed by atoms with E-state index in [4.69, 9.17) is 32.4 Å². The minimum absolute atomic E-state index is 0.148. The fourth-order valence-corrected chi connectivity index (χ4v) is 3.83. The summed E-state index contributed by atoms with van der Waals surface area (Å²) in [7, 11) is 0. The van der Waals surface area contributed by atoms with Crippen LogP contribution in [0.2, 0.25) is 10.2 Å². The highest BCUT2D eigenvalue weighted by molar-refractivity contribution is 7.98. The van der Waals surface area contributed by atoms with Crippen molar-refractivity contribution in [3.8, 4) is 5.75 Å². The van der Waals surface area contributed by atoms with Crippen molar-refractivity contribution in [3.63, 3.8) is 0 Å². The molecule has 0 saturated carbocycles. The van der Waals surface area contributed by atoms with E-state index in [1.807, 2.05) is 37.3 Å². The van der Waals surface area contributed by atoms with Crippen molar-refractivity contribution in [2.45, 2.75) is 24.5 Å². The summed E-state index contributed by atoms with van der Waals surface area (Å²) < 4.78 is 11.2. The lowest BCUT2D eigenvalue weighted by molar-refractivity contribution is 0.252. The Kier molecular flexibility index (Phi) is 5.71. The zero-order chi connectivity index (χ0) is 19.5. The smallest absolute Gasteiger partial charge is 0.277 e. The number of nitrogens with zero attached hydrogens (tertiary/aromatic N) is 3. The lowest BCUT2D eigenvalue weighted by atomic mass is 10.1. The number of hydrogen-bond donors (Lipinski definition) is 0. The molecular weight excluding hydrogens is 417 g/mol. The molecule has 2 aromatic heterocycles. The van der Waals surface area contributed by atoms with Gasteiger partial charge in [0.2, 0.25) is 0 Å². The van der Waals surface area contributed by atoms with Crippen molar-refractivity contribution in [2.24, 2.45) is 0 Å². The van der Waals surface area contributed by atoms with Crippen molar-refractivity contribution >= 4 is 45.9 Å². The first-order valence-corrected chi connectivity index (χ1v) is 10.2. The summed E-state index contributed by atoms with van der Waals surface area (Å²) in [6.07, 6.45) is 0. The number of ether oxygens (including phenoxy) is 1. The molecule has 8 heteroatoms. The van der Waals surface area contributed by atoms with Gasteiger partial charge in [-0.05, 0) is 36.8 Å². The Morgan fingerprint density at radius 1 is 1.07 bits per heavy atom. The van der Waals surface area contributed by atoms with Crippen LogP contribution in [0.4, 0.5) is 0 Å². The van der Waals surface area contributed by atoms with E-state index in [0.29, 0.717) is 32.8 Å². The third-order valence-electron chi connectivity index (χ3n) is 3.99. The molecule has 0 N–H and O–H groups in total. The summed E-state index contributed by atoms with van der Waals surface area (Å²) in [6, 6.07) is 15.4. The van der Waals surface area contributed by atoms with Gasteiger partial charge in [0.25, 0.3) is 11.1 Å². The average Bonchev–Trinajstić information content (AvgIpc) is 3.13. The Balaban J connectivity index is 1.40. The third-order valence-corrected chi connectivity index (χ3v) is 5.49. The number of para-hydroxylation sites is 1. The molecule has 0 fully saturated rings. The second-order valence-electron chi connectivity index (χ2n) is 6.10. The monoisotopic (exact) mass is 431 g/mol. The summed E-state index contributed by atoms with van der Waals surface area (Å²) in [5, 5.41) is 10.5. The molecular formula is C20H15Cl2N3O2S. The first-order chi connectivity index (χ1) is 13.6. The number of aromatic nitrogens is 3. The molecule has 0 spiro atoms. The Bertz CT molecular complexity index is 1130. The van der Waals surface area contributed by atoms with Crippen molar-refractivity contribution in [3.05, 3.63) is 75.7 Å². The first-order valence-electron chi connectivity index (χ1n) is 8.47. The SMILES string of the molecule is Cc1ccc2cc(CSc3nnc(COc4ccccc4Cl)o3)c(Cl)nc2c1. The van der Waals surface area contributed by atoms with Gasteiger partial charge < -0.3 is 9.15 Å². The van der Waals surface area contributed by atoms with Crippen LogP contribution in [-0.4, -0.2) is 15.2 Å². The molecule has 4 rings (SSSR count). The molecule has 28 heavy (non-hydrogen) atoms. The second kappa shape index (κ2) is 8.39. The topological polar surface area (TPSA) is 61.0 Å². The van der Waals surface area contributed by atoms with Gasteiger partial charge >= 0.3 is 0 Å². The molecule has 0 bridgehead atoms. The molecule has 0 aliphatic rings. The average molecular weight is 432 g/mol. The Morgan fingerprint density at radius 2 is 1.93 bits per heavy atom. The minimum Gasteiger partial charge on any atom is -0.482 e. The van der Waals surface area contributed by atoms with Gasteiger partial charge in [-0.1, -0.05) is 59.2 Å². The van der Waals surface area contributed by atoms with Crippen molar-refractivity contribution in [2.75, 3.05) is 0 Å². The minimum atomic E-state index is 0.148.